The van der Waals surface area contributed by atoms with Crippen molar-refractivity contribution in [3.05, 3.63) is 62.3 Å². The smallest absolute Gasteiger partial charge is 0.257 e. The molecule has 172 valence electrons. The summed E-state index contributed by atoms with van der Waals surface area (Å²) in [6.07, 6.45) is 0.957. The van der Waals surface area contributed by atoms with Crippen molar-refractivity contribution in [2.45, 2.75) is 32.5 Å². The number of amides is 1. The Morgan fingerprint density at radius 1 is 1.38 bits per heavy atom. The van der Waals surface area contributed by atoms with Crippen molar-refractivity contribution >= 4 is 23.3 Å². The fourth-order valence-electron chi connectivity index (χ4n) is 3.87. The highest BCUT2D eigenvalue weighted by Crippen LogP contribution is 2.39. The Balaban J connectivity index is 1.94. The Morgan fingerprint density at radius 3 is 2.75 bits per heavy atom. The number of ketones is 1. The summed E-state index contributed by atoms with van der Waals surface area (Å²) >= 11 is 5.74. The van der Waals surface area contributed by atoms with Crippen LogP contribution < -0.4 is 10.7 Å². The van der Waals surface area contributed by atoms with E-state index in [2.05, 4.69) is 5.32 Å². The van der Waals surface area contributed by atoms with Gasteiger partial charge in [-0.2, -0.15) is 0 Å². The number of Topliss-reactive ketones (excluding diaryl/α,β-unsaturated/α-hetero) is 1. The number of rotatable bonds is 7. The number of hydrogen-bond acceptors (Lipinski definition) is 6. The molecule has 2 N–H and O–H groups in total. The van der Waals surface area contributed by atoms with E-state index in [1.54, 1.807) is 6.92 Å². The number of fused-ring (bicyclic) bond motifs is 1. The average Bonchev–Trinajstić information content (AvgIpc) is 2.77. The first kappa shape index (κ1) is 23.9. The molecule has 1 aromatic heterocycles. The van der Waals surface area contributed by atoms with E-state index in [1.807, 2.05) is 0 Å². The minimum Gasteiger partial charge on any atom is -0.503 e. The summed E-state index contributed by atoms with van der Waals surface area (Å²) in [6.45, 7) is 1.89. The number of hydrogen-bond donors (Lipinski definition) is 2. The van der Waals surface area contributed by atoms with Gasteiger partial charge in [0.05, 0.1) is 23.1 Å². The van der Waals surface area contributed by atoms with E-state index in [4.69, 9.17) is 21.1 Å². The van der Waals surface area contributed by atoms with E-state index in [1.165, 1.54) is 43.2 Å². The Morgan fingerprint density at radius 2 is 2.09 bits per heavy atom. The van der Waals surface area contributed by atoms with Crippen molar-refractivity contribution in [1.29, 1.82) is 0 Å². The molecule has 1 amide bonds. The zero-order valence-electron chi connectivity index (χ0n) is 17.9. The minimum atomic E-state index is -1.03. The zero-order chi connectivity index (χ0) is 23.6. The summed E-state index contributed by atoms with van der Waals surface area (Å²) in [6, 6.07) is 4.35. The molecule has 0 saturated heterocycles. The number of nitrogens with zero attached hydrogens (tertiary/aromatic N) is 1. The van der Waals surface area contributed by atoms with Gasteiger partial charge < -0.3 is 24.5 Å². The van der Waals surface area contributed by atoms with Crippen LogP contribution in [0.4, 0.5) is 4.39 Å². The monoisotopic (exact) mass is 466 g/mol. The fraction of sp³-hybridized carbons (Fsp3) is 0.409. The van der Waals surface area contributed by atoms with Crippen LogP contribution in [0.2, 0.25) is 5.02 Å². The molecule has 8 nitrogen and oxygen atoms in total. The summed E-state index contributed by atoms with van der Waals surface area (Å²) in [7, 11) is 2.97. The Labute approximate surface area is 188 Å². The third-order valence-corrected chi connectivity index (χ3v) is 6.18. The van der Waals surface area contributed by atoms with Crippen LogP contribution in [0.5, 0.6) is 5.75 Å². The van der Waals surface area contributed by atoms with Gasteiger partial charge in [-0.15, -0.1) is 0 Å². The maximum absolute atomic E-state index is 14.1. The Hall–Kier alpha value is -2.75. The molecule has 10 heteroatoms. The quantitative estimate of drug-likeness (QED) is 0.649. The van der Waals surface area contributed by atoms with Crippen molar-refractivity contribution in [1.82, 2.24) is 9.88 Å². The van der Waals surface area contributed by atoms with Crippen molar-refractivity contribution < 1.29 is 28.6 Å². The second-order valence-corrected chi connectivity index (χ2v) is 8.24. The highest BCUT2D eigenvalue weighted by Gasteiger charge is 2.48. The summed E-state index contributed by atoms with van der Waals surface area (Å²) in [5.74, 6) is -2.79. The van der Waals surface area contributed by atoms with Crippen LogP contribution >= 0.6 is 11.6 Å². The van der Waals surface area contributed by atoms with Crippen molar-refractivity contribution in [3.63, 3.8) is 0 Å². The van der Waals surface area contributed by atoms with Gasteiger partial charge in [-0.25, -0.2) is 4.39 Å². The molecule has 32 heavy (non-hydrogen) atoms. The van der Waals surface area contributed by atoms with E-state index in [9.17, 15) is 23.9 Å². The molecule has 0 radical (unpaired) electrons. The lowest BCUT2D eigenvalue weighted by atomic mass is 9.73. The second kappa shape index (κ2) is 9.40. The molecule has 3 rings (SSSR count). The van der Waals surface area contributed by atoms with Gasteiger partial charge in [0.2, 0.25) is 5.43 Å². The van der Waals surface area contributed by atoms with E-state index >= 15 is 0 Å². The third-order valence-electron chi connectivity index (χ3n) is 5.89. The largest absolute Gasteiger partial charge is 0.503 e. The number of ether oxygens (including phenoxy) is 2. The standard InChI is InChI=1S/C22H24ClFN2O6/c1-22(7-8-31-2)15(32-3)11-26-10-13(18(27)19(28)17(26)20(22)29)21(30)25-9-12-5-4-6-14(23)16(12)24/h4-6,10,15,28H,7-9,11H2,1-3H3,(H,25,30)/t15?,22-/m1/s1. The van der Waals surface area contributed by atoms with Crippen molar-refractivity contribution in [2.75, 3.05) is 20.8 Å². The van der Waals surface area contributed by atoms with Gasteiger partial charge in [-0.1, -0.05) is 23.7 Å². The molecule has 1 aliphatic heterocycles. The van der Waals surface area contributed by atoms with Gasteiger partial charge in [0, 0.05) is 39.1 Å². The average molecular weight is 467 g/mol. The molecule has 0 aliphatic carbocycles. The molecule has 1 unspecified atom stereocenters. The molecule has 0 fully saturated rings. The van der Waals surface area contributed by atoms with Gasteiger partial charge in [0.15, 0.2) is 11.5 Å². The predicted octanol–water partition coefficient (Wildman–Crippen LogP) is 2.53. The predicted molar refractivity (Wildman–Crippen MR) is 115 cm³/mol. The lowest BCUT2D eigenvalue weighted by Gasteiger charge is -2.40. The maximum atomic E-state index is 14.1. The lowest BCUT2D eigenvalue weighted by molar-refractivity contribution is -0.0262. The lowest BCUT2D eigenvalue weighted by Crippen LogP contribution is -2.50. The van der Waals surface area contributed by atoms with Crippen LogP contribution in [0.1, 0.15) is 39.8 Å². The molecule has 2 heterocycles. The first-order valence-electron chi connectivity index (χ1n) is 9.89. The molecule has 0 saturated carbocycles. The third kappa shape index (κ3) is 4.15. The van der Waals surface area contributed by atoms with E-state index in [0.29, 0.717) is 6.42 Å². The van der Waals surface area contributed by atoms with Crippen LogP contribution in [0.3, 0.4) is 0 Å². The number of aromatic nitrogens is 1. The van der Waals surface area contributed by atoms with E-state index < -0.39 is 40.2 Å². The molecule has 2 atom stereocenters. The first-order valence-corrected chi connectivity index (χ1v) is 10.3. The van der Waals surface area contributed by atoms with Gasteiger partial charge in [-0.05, 0) is 19.4 Å². The Kier molecular flexibility index (Phi) is 7.02. The van der Waals surface area contributed by atoms with Crippen molar-refractivity contribution in [3.8, 4) is 5.75 Å². The first-order chi connectivity index (χ1) is 15.2. The Bertz CT molecular complexity index is 1120. The molecule has 1 aromatic carbocycles. The molecule has 0 bridgehead atoms. The molecule has 1 aliphatic rings. The fourth-order valence-corrected chi connectivity index (χ4v) is 4.06. The topological polar surface area (TPSA) is 107 Å². The number of benzene rings is 1. The van der Waals surface area contributed by atoms with E-state index in [0.717, 1.165) is 0 Å². The van der Waals surface area contributed by atoms with Gasteiger partial charge >= 0.3 is 0 Å². The maximum Gasteiger partial charge on any atom is 0.257 e. The second-order valence-electron chi connectivity index (χ2n) is 7.83. The number of methoxy groups -OCH3 is 2. The van der Waals surface area contributed by atoms with E-state index in [-0.39, 0.29) is 41.5 Å². The zero-order valence-corrected chi connectivity index (χ0v) is 18.7. The highest BCUT2D eigenvalue weighted by molar-refractivity contribution is 6.30. The van der Waals surface area contributed by atoms with Gasteiger partial charge in [-0.3, -0.25) is 14.4 Å². The van der Waals surface area contributed by atoms with Crippen LogP contribution in [0, 0.1) is 11.2 Å². The number of aromatic hydroxyl groups is 1. The van der Waals surface area contributed by atoms with Crippen LogP contribution in [-0.2, 0) is 22.6 Å². The minimum absolute atomic E-state index is 0.0936. The number of carbonyl (C=O) groups excluding carboxylic acids is 2. The summed E-state index contributed by atoms with van der Waals surface area (Å²) in [5.41, 5.74) is -2.44. The SMILES string of the molecule is COCC[C@@]1(C)C(=O)c2c(O)c(=O)c(C(=O)NCc3cccc(Cl)c3F)cn2CC1OC. The van der Waals surface area contributed by atoms with Crippen LogP contribution in [-0.4, -0.2) is 48.3 Å². The van der Waals surface area contributed by atoms with Gasteiger partial charge in [0.1, 0.15) is 17.1 Å². The van der Waals surface area contributed by atoms with Gasteiger partial charge in [0.25, 0.3) is 5.91 Å². The molecule has 2 aromatic rings. The number of nitrogens with one attached hydrogen (secondary N) is 1. The number of carbonyl (C=O) groups is 2. The summed E-state index contributed by atoms with van der Waals surface area (Å²) in [4.78, 5) is 38.6. The van der Waals surface area contributed by atoms with Crippen molar-refractivity contribution in [2.24, 2.45) is 5.41 Å². The highest BCUT2D eigenvalue weighted by atomic mass is 35.5. The molecular weight excluding hydrogens is 443 g/mol. The molecular formula is C22H24ClFN2O6. The van der Waals surface area contributed by atoms with Crippen LogP contribution in [0.25, 0.3) is 0 Å². The number of pyridine rings is 1. The summed E-state index contributed by atoms with van der Waals surface area (Å²) < 4.78 is 26.0. The number of halogens is 2. The molecule has 0 spiro atoms. The summed E-state index contributed by atoms with van der Waals surface area (Å²) in [5, 5.41) is 12.9. The van der Waals surface area contributed by atoms with Crippen LogP contribution in [0.15, 0.2) is 29.2 Å². The normalized spacial score (nSPS) is 20.2.